The maximum absolute atomic E-state index is 12.5. The fourth-order valence-electron chi connectivity index (χ4n) is 13.3. The number of piperazine rings is 2. The van der Waals surface area contributed by atoms with Gasteiger partial charge in [-0.15, -0.1) is 39.5 Å². The molecule has 0 bridgehead atoms. The number of anilines is 4. The molecule has 28 nitrogen and oxygen atoms in total. The van der Waals surface area contributed by atoms with Gasteiger partial charge in [0.15, 0.2) is 0 Å². The number of aromatic nitrogens is 4. The van der Waals surface area contributed by atoms with Crippen LogP contribution in [0.4, 0.5) is 49.9 Å². The number of rotatable bonds is 21. The standard InChI is InChI=1S/C34H39F3N8O6S.C32H35F3N8O6S/c1-2-49-32-31(41-52(46,47)42-32)45-18-23(19-45)20-48-16-15-43-11-13-44(14-12-43)30-28-9-5-24-17-26(8-10-27(24)29(28)39-33(38)40-30)50-21-22-3-6-25(7-4-22)51-34(35,36)37;33-32(34,35)49-23-4-1-20(2-5-23)19-48-24-6-8-25-22(15-24)3-7-26-27(25)37-31(36)38-28(26)42-11-9-41(10-12-42)13-14-47-18-21-16-43(17-21)29-30(44)40-50(45,46)39-29/h3-4,6-8,10,17,23H,2,5,9,11-16,18-21H2,1H3,(H2,38,39,40);1-2,4-6,8,15,21H,3,7,9-14,16-19H2,(H,40,44)(H2,36,37,38). The lowest BCUT2D eigenvalue weighted by molar-refractivity contribution is -0.275. The number of alkyl halides is 6. The first kappa shape index (κ1) is 71.1. The number of nitrogens with zero attached hydrogens (tertiary/aromatic N) is 13. The predicted molar refractivity (Wildman–Crippen MR) is 362 cm³/mol. The van der Waals surface area contributed by atoms with Gasteiger partial charge >= 0.3 is 39.1 Å². The number of likely N-dealkylation sites (tertiary alicyclic amines) is 2. The Labute approximate surface area is 583 Å². The second kappa shape index (κ2) is 29.9. The second-order valence-corrected chi connectivity index (χ2v) is 28.0. The molecule has 36 heteroatoms. The van der Waals surface area contributed by atoms with Crippen LogP contribution in [0.15, 0.2) is 98.1 Å². The highest BCUT2D eigenvalue weighted by atomic mass is 32.2. The Kier molecular flexibility index (Phi) is 20.8. The zero-order chi connectivity index (χ0) is 71.5. The van der Waals surface area contributed by atoms with Crippen molar-refractivity contribution in [1.29, 1.82) is 0 Å². The van der Waals surface area contributed by atoms with E-state index in [2.05, 4.69) is 62.2 Å². The Balaban J connectivity index is 0.000000182. The first-order valence-corrected chi connectivity index (χ1v) is 36.0. The van der Waals surface area contributed by atoms with E-state index in [0.717, 1.165) is 148 Å². The number of ether oxygens (including phenoxy) is 7. The van der Waals surface area contributed by atoms with E-state index in [1.54, 1.807) is 11.8 Å². The number of halogens is 6. The third-order valence-corrected chi connectivity index (χ3v) is 19.9. The fraction of sp³-hybridized carbons (Fsp3) is 0.455. The first-order valence-electron chi connectivity index (χ1n) is 33.2. The monoisotopic (exact) mass is 1460 g/mol. The van der Waals surface area contributed by atoms with Crippen molar-refractivity contribution in [2.45, 2.75) is 58.5 Å². The molecule has 0 unspecified atom stereocenters. The zero-order valence-corrected chi connectivity index (χ0v) is 57.0. The molecule has 0 saturated carbocycles. The minimum absolute atomic E-state index is 0.0552. The van der Waals surface area contributed by atoms with E-state index in [-0.39, 0.29) is 66.0 Å². The number of nitrogen functional groups attached to an aromatic ring is 2. The van der Waals surface area contributed by atoms with Crippen LogP contribution in [-0.2, 0) is 78.3 Å². The Bertz CT molecular complexity index is 4400. The Morgan fingerprint density at radius 3 is 1.36 bits per heavy atom. The van der Waals surface area contributed by atoms with Crippen molar-refractivity contribution in [3.05, 3.63) is 118 Å². The van der Waals surface area contributed by atoms with Crippen LogP contribution in [0.2, 0.25) is 0 Å². The molecule has 8 aliphatic rings. The van der Waals surface area contributed by atoms with Gasteiger partial charge in [0.25, 0.3) is 5.90 Å². The number of carbonyl (C=O) groups is 1. The third-order valence-electron chi connectivity index (χ3n) is 18.3. The van der Waals surface area contributed by atoms with Gasteiger partial charge in [-0.1, -0.05) is 24.3 Å². The number of hydrogen-bond acceptors (Lipinski definition) is 24. The number of amidine groups is 2. The lowest BCUT2D eigenvalue weighted by Crippen LogP contribution is -2.54. The third kappa shape index (κ3) is 17.6. The summed E-state index contributed by atoms with van der Waals surface area (Å²) in [6.45, 7) is 15.1. The molecule has 2 aliphatic carbocycles. The van der Waals surface area contributed by atoms with Gasteiger partial charge in [-0.3, -0.25) is 14.6 Å². The van der Waals surface area contributed by atoms with Crippen LogP contribution in [0.1, 0.15) is 40.3 Å². The van der Waals surface area contributed by atoms with Crippen LogP contribution < -0.4 is 44.9 Å². The molecule has 0 atom stereocenters. The van der Waals surface area contributed by atoms with Gasteiger partial charge in [-0.2, -0.15) is 26.8 Å². The summed E-state index contributed by atoms with van der Waals surface area (Å²) in [6, 6.07) is 22.8. The van der Waals surface area contributed by atoms with Crippen molar-refractivity contribution in [3.63, 3.8) is 0 Å². The summed E-state index contributed by atoms with van der Waals surface area (Å²) < 4.78 is 171. The summed E-state index contributed by atoms with van der Waals surface area (Å²) in [6.07, 6.45) is -6.45. The molecule has 0 spiro atoms. The zero-order valence-electron chi connectivity index (χ0n) is 55.4. The van der Waals surface area contributed by atoms with E-state index in [1.807, 2.05) is 46.0 Å². The summed E-state index contributed by atoms with van der Waals surface area (Å²) in [5, 5.41) is 0. The van der Waals surface area contributed by atoms with E-state index in [4.69, 9.17) is 35.2 Å². The lowest BCUT2D eigenvalue weighted by atomic mass is 9.88. The Morgan fingerprint density at radius 1 is 0.520 bits per heavy atom. The van der Waals surface area contributed by atoms with Gasteiger partial charge in [0.2, 0.25) is 23.6 Å². The van der Waals surface area contributed by atoms with Crippen LogP contribution in [-0.4, -0.2) is 217 Å². The number of nitrogens with one attached hydrogen (secondary N) is 1. The largest absolute Gasteiger partial charge is 0.573 e. The van der Waals surface area contributed by atoms with Gasteiger partial charge in [-0.25, -0.2) is 14.7 Å². The summed E-state index contributed by atoms with van der Waals surface area (Å²) >= 11 is 0. The molecule has 0 radical (unpaired) electrons. The second-order valence-electron chi connectivity index (χ2n) is 25.4. The topological polar surface area (TPSA) is 322 Å². The molecular weight excluding hydrogens is 1390 g/mol. The molecule has 8 heterocycles. The van der Waals surface area contributed by atoms with Crippen molar-refractivity contribution in [2.75, 3.05) is 146 Å². The molecule has 4 aromatic carbocycles. The van der Waals surface area contributed by atoms with E-state index in [0.29, 0.717) is 81.8 Å². The van der Waals surface area contributed by atoms with Crippen LogP contribution in [0, 0.1) is 11.8 Å². The number of hydrogen-bond donors (Lipinski definition) is 3. The van der Waals surface area contributed by atoms with Gasteiger partial charge in [0.05, 0.1) is 44.4 Å². The predicted octanol–water partition coefficient (Wildman–Crippen LogP) is 5.61. The molecule has 2 aromatic heterocycles. The highest BCUT2D eigenvalue weighted by Crippen LogP contribution is 2.41. The molecule has 102 heavy (non-hydrogen) atoms. The van der Waals surface area contributed by atoms with Crippen LogP contribution >= 0.6 is 0 Å². The molecule has 544 valence electrons. The lowest BCUT2D eigenvalue weighted by Gasteiger charge is -2.40. The Hall–Kier alpha value is -9.36. The number of nitrogens with two attached hydrogens (primary N) is 2. The van der Waals surface area contributed by atoms with Gasteiger partial charge in [0, 0.05) is 126 Å². The molecule has 4 fully saturated rings. The summed E-state index contributed by atoms with van der Waals surface area (Å²) in [5.41, 5.74) is 21.7. The number of aryl methyl sites for hydroxylation is 2. The van der Waals surface area contributed by atoms with Crippen LogP contribution in [0.3, 0.4) is 0 Å². The molecule has 1 amide bonds. The van der Waals surface area contributed by atoms with E-state index in [9.17, 15) is 48.0 Å². The average molecular weight is 1460 g/mol. The van der Waals surface area contributed by atoms with Crippen molar-refractivity contribution >= 4 is 67.4 Å². The number of carbonyl (C=O) groups excluding carboxylic acids is 1. The fourth-order valence-corrected chi connectivity index (χ4v) is 14.9. The summed E-state index contributed by atoms with van der Waals surface area (Å²) in [4.78, 5) is 43.1. The minimum atomic E-state index is -4.74. The molecule has 5 N–H and O–H groups in total. The van der Waals surface area contributed by atoms with Crippen molar-refractivity contribution in [1.82, 2.24) is 44.3 Å². The van der Waals surface area contributed by atoms with E-state index < -0.39 is 39.1 Å². The smallest absolute Gasteiger partial charge is 0.489 e. The van der Waals surface area contributed by atoms with Crippen LogP contribution in [0.5, 0.6) is 23.0 Å². The van der Waals surface area contributed by atoms with Crippen molar-refractivity contribution < 1.29 is 81.1 Å². The number of fused-ring (bicyclic) bond motifs is 6. The van der Waals surface area contributed by atoms with Gasteiger partial charge in [-0.05, 0) is 116 Å². The highest BCUT2D eigenvalue weighted by Gasteiger charge is 2.41. The Morgan fingerprint density at radius 2 is 0.951 bits per heavy atom. The van der Waals surface area contributed by atoms with Crippen molar-refractivity contribution in [2.24, 2.45) is 25.0 Å². The van der Waals surface area contributed by atoms with E-state index >= 15 is 0 Å². The average Bonchev–Trinajstić information content (AvgIpc) is 1.04. The SMILES string of the molecule is CCOC1=NS(=O)(=O)N=C1N1CC(COCCN2CCN(c3nc(N)nc4c3CCc3cc(OCc5ccc(OC(F)(F)F)cc5)ccc3-4)CC2)C1.Nc1nc2c(c(N3CCN(CCOCC4CN(C5=NS(=O)(=O)NC5=O)C4)CC3)n1)CCc1cc(OCc3ccc(OC(F)(F)F)cc3)ccc1-2. The quantitative estimate of drug-likeness (QED) is 0.0582. The molecule has 4 saturated heterocycles. The summed E-state index contributed by atoms with van der Waals surface area (Å²) in [5.74, 6) is 2.96. The molecular formula is C66H74F6N16O12S2. The summed E-state index contributed by atoms with van der Waals surface area (Å²) in [7, 11) is -7.77. The number of amides is 1. The molecule has 6 aliphatic heterocycles. The van der Waals surface area contributed by atoms with Crippen molar-refractivity contribution in [3.8, 4) is 45.5 Å². The van der Waals surface area contributed by atoms with Gasteiger partial charge in [0.1, 0.15) is 47.8 Å². The van der Waals surface area contributed by atoms with Crippen LogP contribution in [0.25, 0.3) is 22.5 Å². The van der Waals surface area contributed by atoms with Gasteiger partial charge < -0.3 is 64.2 Å². The number of benzene rings is 4. The highest BCUT2D eigenvalue weighted by molar-refractivity contribution is 7.90. The molecule has 6 aromatic rings. The maximum Gasteiger partial charge on any atom is 0.573 e. The maximum atomic E-state index is 12.5. The molecule has 14 rings (SSSR count). The van der Waals surface area contributed by atoms with E-state index in [1.165, 1.54) is 48.5 Å². The normalized spacial score (nSPS) is 18.8. The first-order chi connectivity index (χ1) is 48.8. The minimum Gasteiger partial charge on any atom is -0.489 e.